The number of nitrogens with zero attached hydrogens (tertiary/aromatic N) is 3. The summed E-state index contributed by atoms with van der Waals surface area (Å²) >= 11 is 0. The van der Waals surface area contributed by atoms with E-state index in [4.69, 9.17) is 0 Å². The number of benzene rings is 1. The van der Waals surface area contributed by atoms with Crippen LogP contribution in [0.4, 0.5) is 5.82 Å². The zero-order valence-corrected chi connectivity index (χ0v) is 15.2. The molecule has 1 saturated heterocycles. The first-order valence-corrected chi connectivity index (χ1v) is 9.03. The fraction of sp³-hybridized carbons (Fsp3) is 0.450. The Kier molecular flexibility index (Phi) is 5.31. The van der Waals surface area contributed by atoms with Gasteiger partial charge in [-0.1, -0.05) is 37.3 Å². The zero-order chi connectivity index (χ0) is 17.8. The van der Waals surface area contributed by atoms with Crippen LogP contribution in [0.25, 0.3) is 11.4 Å². The molecule has 1 aromatic carbocycles. The highest BCUT2D eigenvalue weighted by Crippen LogP contribution is 2.21. The minimum atomic E-state index is -0.00159. The van der Waals surface area contributed by atoms with E-state index in [9.17, 15) is 4.79 Å². The van der Waals surface area contributed by atoms with Crippen LogP contribution < -0.4 is 5.32 Å². The molecule has 0 radical (unpaired) electrons. The molecular formula is C20H26N4O. The van der Waals surface area contributed by atoms with Crippen LogP contribution in [0.2, 0.25) is 0 Å². The molecule has 0 spiro atoms. The Balaban J connectivity index is 1.93. The lowest BCUT2D eigenvalue weighted by Gasteiger charge is -2.30. The first kappa shape index (κ1) is 17.4. The van der Waals surface area contributed by atoms with Gasteiger partial charge in [0.1, 0.15) is 11.5 Å². The molecule has 3 rings (SSSR count). The number of hydrogen-bond acceptors (Lipinski definition) is 4. The monoisotopic (exact) mass is 338 g/mol. The average molecular weight is 338 g/mol. The Hall–Kier alpha value is -2.43. The number of carbonyl (C=O) groups excluding carboxylic acids is 1. The van der Waals surface area contributed by atoms with Crippen molar-refractivity contribution < 1.29 is 4.79 Å². The van der Waals surface area contributed by atoms with Gasteiger partial charge in [0, 0.05) is 30.8 Å². The van der Waals surface area contributed by atoms with Crippen LogP contribution in [-0.4, -0.2) is 39.9 Å². The third-order valence-electron chi connectivity index (χ3n) is 4.48. The minimum absolute atomic E-state index is 0.00159. The molecule has 0 atom stereocenters. The molecule has 1 aliphatic heterocycles. The molecule has 5 nitrogen and oxygen atoms in total. The smallest absolute Gasteiger partial charge is 0.272 e. The van der Waals surface area contributed by atoms with Crippen molar-refractivity contribution in [1.82, 2.24) is 14.9 Å². The van der Waals surface area contributed by atoms with Crippen molar-refractivity contribution in [2.45, 2.75) is 39.7 Å². The molecule has 0 unspecified atom stereocenters. The number of aromatic nitrogens is 2. The number of rotatable bonds is 4. The molecule has 1 N–H and O–H groups in total. The van der Waals surface area contributed by atoms with Crippen molar-refractivity contribution in [1.29, 1.82) is 0 Å². The second-order valence-corrected chi connectivity index (χ2v) is 7.10. The van der Waals surface area contributed by atoms with Gasteiger partial charge in [-0.3, -0.25) is 4.79 Å². The third-order valence-corrected chi connectivity index (χ3v) is 4.48. The van der Waals surface area contributed by atoms with E-state index in [0.717, 1.165) is 31.5 Å². The van der Waals surface area contributed by atoms with E-state index in [2.05, 4.69) is 36.1 Å². The lowest BCUT2D eigenvalue weighted by Crippen LogP contribution is -2.38. The molecule has 132 valence electrons. The highest BCUT2D eigenvalue weighted by Gasteiger charge is 2.23. The summed E-state index contributed by atoms with van der Waals surface area (Å²) in [4.78, 5) is 24.0. The highest BCUT2D eigenvalue weighted by atomic mass is 16.2. The summed E-state index contributed by atoms with van der Waals surface area (Å²) < 4.78 is 0. The van der Waals surface area contributed by atoms with Crippen LogP contribution in [0, 0.1) is 5.92 Å². The van der Waals surface area contributed by atoms with E-state index >= 15 is 0 Å². The predicted molar refractivity (Wildman–Crippen MR) is 101 cm³/mol. The first-order chi connectivity index (χ1) is 12.0. The summed E-state index contributed by atoms with van der Waals surface area (Å²) in [6.07, 6.45) is 2.11. The molecule has 1 fully saturated rings. The summed E-state index contributed by atoms with van der Waals surface area (Å²) in [5.74, 6) is 1.96. The topological polar surface area (TPSA) is 58.1 Å². The van der Waals surface area contributed by atoms with E-state index < -0.39 is 0 Å². The van der Waals surface area contributed by atoms with Crippen molar-refractivity contribution in [3.8, 4) is 11.4 Å². The molecule has 0 bridgehead atoms. The van der Waals surface area contributed by atoms with Crippen LogP contribution in [0.1, 0.15) is 44.1 Å². The van der Waals surface area contributed by atoms with Gasteiger partial charge in [-0.25, -0.2) is 9.97 Å². The van der Waals surface area contributed by atoms with Crippen LogP contribution in [0.5, 0.6) is 0 Å². The summed E-state index contributed by atoms with van der Waals surface area (Å²) in [5.41, 5.74) is 1.38. The molecule has 1 amide bonds. The lowest BCUT2D eigenvalue weighted by atomic mass is 9.99. The molecule has 2 heterocycles. The van der Waals surface area contributed by atoms with E-state index in [-0.39, 0.29) is 11.9 Å². The molecule has 1 aromatic heterocycles. The average Bonchev–Trinajstić information content (AvgIpc) is 2.61. The fourth-order valence-electron chi connectivity index (χ4n) is 3.02. The molecule has 1 aliphatic rings. The van der Waals surface area contributed by atoms with Crippen molar-refractivity contribution in [3.63, 3.8) is 0 Å². The normalized spacial score (nSPS) is 15.4. The standard InChI is InChI=1S/C20H26N4O/c1-14(2)21-18-13-17(20(25)24-11-9-15(3)10-12-24)22-19(23-18)16-7-5-4-6-8-16/h4-8,13-15H,9-12H2,1-3H3,(H,21,22,23). The minimum Gasteiger partial charge on any atom is -0.368 e. The van der Waals surface area contributed by atoms with E-state index in [1.807, 2.05) is 35.2 Å². The SMILES string of the molecule is CC1CCN(C(=O)c2cc(NC(C)C)nc(-c3ccccc3)n2)CC1. The van der Waals surface area contributed by atoms with Gasteiger partial charge in [-0.05, 0) is 32.6 Å². The number of carbonyl (C=O) groups is 1. The molecule has 0 aliphatic carbocycles. The van der Waals surface area contributed by atoms with Gasteiger partial charge in [0.15, 0.2) is 5.82 Å². The number of piperidine rings is 1. The van der Waals surface area contributed by atoms with Crippen LogP contribution in [0.15, 0.2) is 36.4 Å². The van der Waals surface area contributed by atoms with E-state index in [1.54, 1.807) is 6.07 Å². The van der Waals surface area contributed by atoms with Crippen molar-refractivity contribution >= 4 is 11.7 Å². The summed E-state index contributed by atoms with van der Waals surface area (Å²) in [5, 5.41) is 3.30. The van der Waals surface area contributed by atoms with Gasteiger partial charge in [-0.15, -0.1) is 0 Å². The summed E-state index contributed by atoms with van der Waals surface area (Å²) in [7, 11) is 0. The fourth-order valence-corrected chi connectivity index (χ4v) is 3.02. The second kappa shape index (κ2) is 7.64. The summed E-state index contributed by atoms with van der Waals surface area (Å²) in [6.45, 7) is 7.95. The Morgan fingerprint density at radius 3 is 2.48 bits per heavy atom. The van der Waals surface area contributed by atoms with Crippen LogP contribution in [0.3, 0.4) is 0 Å². The maximum atomic E-state index is 12.9. The van der Waals surface area contributed by atoms with E-state index in [1.165, 1.54) is 0 Å². The predicted octanol–water partition coefficient (Wildman–Crippen LogP) is 3.84. The maximum absolute atomic E-state index is 12.9. The number of amides is 1. The van der Waals surface area contributed by atoms with Gasteiger partial charge < -0.3 is 10.2 Å². The highest BCUT2D eigenvalue weighted by molar-refractivity contribution is 5.93. The molecule has 25 heavy (non-hydrogen) atoms. The number of anilines is 1. The zero-order valence-electron chi connectivity index (χ0n) is 15.2. The molecule has 0 saturated carbocycles. The van der Waals surface area contributed by atoms with Crippen molar-refractivity contribution in [3.05, 3.63) is 42.1 Å². The molecule has 5 heteroatoms. The van der Waals surface area contributed by atoms with Gasteiger partial charge in [-0.2, -0.15) is 0 Å². The van der Waals surface area contributed by atoms with E-state index in [0.29, 0.717) is 23.3 Å². The quantitative estimate of drug-likeness (QED) is 0.920. The molecule has 2 aromatic rings. The summed E-state index contributed by atoms with van der Waals surface area (Å²) in [6, 6.07) is 11.8. The Morgan fingerprint density at radius 1 is 1.16 bits per heavy atom. The Labute approximate surface area is 149 Å². The second-order valence-electron chi connectivity index (χ2n) is 7.10. The van der Waals surface area contributed by atoms with Crippen LogP contribution >= 0.6 is 0 Å². The molecular weight excluding hydrogens is 312 g/mol. The van der Waals surface area contributed by atoms with Crippen LogP contribution in [-0.2, 0) is 0 Å². The maximum Gasteiger partial charge on any atom is 0.272 e. The van der Waals surface area contributed by atoms with Gasteiger partial charge in [0.25, 0.3) is 5.91 Å². The van der Waals surface area contributed by atoms with Crippen molar-refractivity contribution in [2.24, 2.45) is 5.92 Å². The first-order valence-electron chi connectivity index (χ1n) is 9.03. The number of hydrogen-bond donors (Lipinski definition) is 1. The number of nitrogens with one attached hydrogen (secondary N) is 1. The Bertz CT molecular complexity index is 722. The lowest BCUT2D eigenvalue weighted by molar-refractivity contribution is 0.0691. The van der Waals surface area contributed by atoms with Gasteiger partial charge in [0.2, 0.25) is 0 Å². The van der Waals surface area contributed by atoms with Gasteiger partial charge >= 0.3 is 0 Å². The largest absolute Gasteiger partial charge is 0.368 e. The Morgan fingerprint density at radius 2 is 1.84 bits per heavy atom. The van der Waals surface area contributed by atoms with Gasteiger partial charge in [0.05, 0.1) is 0 Å². The number of likely N-dealkylation sites (tertiary alicyclic amines) is 1. The third kappa shape index (κ3) is 4.35. The van der Waals surface area contributed by atoms with Crippen molar-refractivity contribution in [2.75, 3.05) is 18.4 Å².